The zero-order valence-corrected chi connectivity index (χ0v) is 11.9. The van der Waals surface area contributed by atoms with Crippen molar-refractivity contribution in [2.24, 2.45) is 0 Å². The molecule has 0 atom stereocenters. The summed E-state index contributed by atoms with van der Waals surface area (Å²) in [4.78, 5) is 0. The van der Waals surface area contributed by atoms with Crippen molar-refractivity contribution in [1.29, 1.82) is 0 Å². The predicted molar refractivity (Wildman–Crippen MR) is 71.5 cm³/mol. The SMILES string of the molecule is C[Si](C=Cc1ccccc1)O[Si](C)(C)C. The summed E-state index contributed by atoms with van der Waals surface area (Å²) < 4.78 is 6.01. The third kappa shape index (κ3) is 5.72. The van der Waals surface area contributed by atoms with Crippen molar-refractivity contribution in [3.05, 3.63) is 41.6 Å². The van der Waals surface area contributed by atoms with Gasteiger partial charge in [-0.1, -0.05) is 42.1 Å². The maximum Gasteiger partial charge on any atom is 0.223 e. The van der Waals surface area contributed by atoms with Crippen molar-refractivity contribution < 1.29 is 4.12 Å². The molecule has 1 rings (SSSR count). The van der Waals surface area contributed by atoms with Gasteiger partial charge in [0.2, 0.25) is 9.04 Å². The standard InChI is InChI=1S/C12H19OSi2/c1-14(13-15(2,3)4)11-10-12-8-6-5-7-9-12/h5-11H,1-4H3. The molecule has 0 bridgehead atoms. The molecule has 0 fully saturated rings. The smallest absolute Gasteiger partial charge is 0.223 e. The molecule has 81 valence electrons. The lowest BCUT2D eigenvalue weighted by atomic mass is 10.2. The molecule has 0 aliphatic rings. The van der Waals surface area contributed by atoms with E-state index in [4.69, 9.17) is 4.12 Å². The average molecular weight is 235 g/mol. The molecule has 0 aromatic heterocycles. The zero-order valence-electron chi connectivity index (χ0n) is 9.95. The third-order valence-electron chi connectivity index (χ3n) is 1.78. The molecule has 0 heterocycles. The normalized spacial score (nSPS) is 12.6. The lowest BCUT2D eigenvalue weighted by Crippen LogP contribution is -2.32. The number of benzene rings is 1. The molecule has 15 heavy (non-hydrogen) atoms. The van der Waals surface area contributed by atoms with Gasteiger partial charge in [0.15, 0.2) is 8.32 Å². The second kappa shape index (κ2) is 5.44. The molecule has 0 amide bonds. The predicted octanol–water partition coefficient (Wildman–Crippen LogP) is 3.71. The maximum absolute atomic E-state index is 6.01. The highest BCUT2D eigenvalue weighted by molar-refractivity contribution is 6.78. The molecule has 1 aromatic rings. The quantitative estimate of drug-likeness (QED) is 0.723. The summed E-state index contributed by atoms with van der Waals surface area (Å²) in [5.41, 5.74) is 3.47. The van der Waals surface area contributed by atoms with Crippen LogP contribution < -0.4 is 0 Å². The minimum absolute atomic E-state index is 0.763. The summed E-state index contributed by atoms with van der Waals surface area (Å²) in [6, 6.07) is 10.4. The molecule has 0 saturated heterocycles. The molecule has 1 nitrogen and oxygen atoms in total. The lowest BCUT2D eigenvalue weighted by Gasteiger charge is -2.20. The fourth-order valence-corrected chi connectivity index (χ4v) is 5.86. The van der Waals surface area contributed by atoms with E-state index in [-0.39, 0.29) is 0 Å². The van der Waals surface area contributed by atoms with Crippen LogP contribution in [0, 0.1) is 0 Å². The van der Waals surface area contributed by atoms with E-state index in [9.17, 15) is 0 Å². The molecule has 0 aliphatic carbocycles. The zero-order chi connectivity index (χ0) is 11.3. The van der Waals surface area contributed by atoms with Crippen LogP contribution in [0.4, 0.5) is 0 Å². The van der Waals surface area contributed by atoms with Gasteiger partial charge in [0, 0.05) is 0 Å². The van der Waals surface area contributed by atoms with Crippen LogP contribution in [-0.4, -0.2) is 17.4 Å². The molecule has 3 heteroatoms. The molecule has 0 spiro atoms. The van der Waals surface area contributed by atoms with Crippen molar-refractivity contribution in [3.63, 3.8) is 0 Å². The highest BCUT2D eigenvalue weighted by Crippen LogP contribution is 2.07. The van der Waals surface area contributed by atoms with Crippen LogP contribution in [0.2, 0.25) is 26.2 Å². The summed E-state index contributed by atoms with van der Waals surface area (Å²) in [6.45, 7) is 8.90. The highest BCUT2D eigenvalue weighted by Gasteiger charge is 2.17. The molecule has 1 aromatic carbocycles. The van der Waals surface area contributed by atoms with Crippen molar-refractivity contribution in [1.82, 2.24) is 0 Å². The van der Waals surface area contributed by atoms with Gasteiger partial charge in [-0.25, -0.2) is 0 Å². The van der Waals surface area contributed by atoms with Crippen molar-refractivity contribution >= 4 is 23.4 Å². The molecule has 0 aliphatic heterocycles. The average Bonchev–Trinajstić information content (AvgIpc) is 2.14. The van der Waals surface area contributed by atoms with Gasteiger partial charge < -0.3 is 4.12 Å². The summed E-state index contributed by atoms with van der Waals surface area (Å²) >= 11 is 0. The van der Waals surface area contributed by atoms with Crippen LogP contribution in [-0.2, 0) is 4.12 Å². The monoisotopic (exact) mass is 235 g/mol. The minimum atomic E-state index is -1.36. The summed E-state index contributed by atoms with van der Waals surface area (Å²) in [7, 11) is -2.13. The van der Waals surface area contributed by atoms with Gasteiger partial charge in [0.1, 0.15) is 0 Å². The van der Waals surface area contributed by atoms with E-state index in [1.165, 1.54) is 5.56 Å². The summed E-state index contributed by atoms with van der Waals surface area (Å²) in [6.07, 6.45) is 2.16. The Morgan fingerprint density at radius 1 is 1.13 bits per heavy atom. The largest absolute Gasteiger partial charge is 0.453 e. The Morgan fingerprint density at radius 3 is 2.27 bits per heavy atom. The Bertz CT molecular complexity index is 314. The Morgan fingerprint density at radius 2 is 1.73 bits per heavy atom. The topological polar surface area (TPSA) is 9.23 Å². The van der Waals surface area contributed by atoms with Crippen LogP contribution in [0.3, 0.4) is 0 Å². The Balaban J connectivity index is 2.52. The van der Waals surface area contributed by atoms with Gasteiger partial charge in [-0.3, -0.25) is 0 Å². The van der Waals surface area contributed by atoms with E-state index >= 15 is 0 Å². The van der Waals surface area contributed by atoms with Crippen LogP contribution in [0.1, 0.15) is 5.56 Å². The van der Waals surface area contributed by atoms with Gasteiger partial charge in [-0.05, 0) is 31.8 Å². The second-order valence-corrected chi connectivity index (χ2v) is 11.2. The first-order chi connectivity index (χ1) is 6.97. The molecule has 0 N–H and O–H groups in total. The van der Waals surface area contributed by atoms with Gasteiger partial charge in [-0.15, -0.1) is 0 Å². The van der Waals surface area contributed by atoms with Gasteiger partial charge in [-0.2, -0.15) is 0 Å². The maximum atomic E-state index is 6.01. The second-order valence-electron chi connectivity index (χ2n) is 4.57. The van der Waals surface area contributed by atoms with Crippen LogP contribution in [0.25, 0.3) is 6.08 Å². The molecular weight excluding hydrogens is 216 g/mol. The number of hydrogen-bond donors (Lipinski definition) is 0. The Kier molecular flexibility index (Phi) is 4.51. The van der Waals surface area contributed by atoms with Crippen molar-refractivity contribution in [2.45, 2.75) is 26.2 Å². The number of rotatable bonds is 4. The van der Waals surface area contributed by atoms with Gasteiger partial charge >= 0.3 is 0 Å². The van der Waals surface area contributed by atoms with Gasteiger partial charge in [0.05, 0.1) is 0 Å². The minimum Gasteiger partial charge on any atom is -0.453 e. The molecule has 0 unspecified atom stereocenters. The number of hydrogen-bond acceptors (Lipinski definition) is 1. The van der Waals surface area contributed by atoms with E-state index in [1.54, 1.807) is 0 Å². The van der Waals surface area contributed by atoms with Crippen molar-refractivity contribution in [2.75, 3.05) is 0 Å². The Hall–Kier alpha value is -0.646. The van der Waals surface area contributed by atoms with Crippen molar-refractivity contribution in [3.8, 4) is 0 Å². The lowest BCUT2D eigenvalue weighted by molar-refractivity contribution is 0.588. The van der Waals surface area contributed by atoms with E-state index in [0.29, 0.717) is 0 Å². The summed E-state index contributed by atoms with van der Waals surface area (Å²) in [5, 5.41) is 0. The summed E-state index contributed by atoms with van der Waals surface area (Å²) in [5.74, 6) is 0. The highest BCUT2D eigenvalue weighted by atomic mass is 28.4. The Labute approximate surface area is 95.7 Å². The van der Waals surface area contributed by atoms with Gasteiger partial charge in [0.25, 0.3) is 0 Å². The van der Waals surface area contributed by atoms with Crippen LogP contribution >= 0.6 is 0 Å². The van der Waals surface area contributed by atoms with Crippen LogP contribution in [0.5, 0.6) is 0 Å². The van der Waals surface area contributed by atoms with Crippen LogP contribution in [0.15, 0.2) is 36.0 Å². The first-order valence-corrected chi connectivity index (χ1v) is 10.6. The van der Waals surface area contributed by atoms with E-state index in [1.807, 2.05) is 6.07 Å². The fourth-order valence-electron chi connectivity index (χ4n) is 1.29. The van der Waals surface area contributed by atoms with E-state index < -0.39 is 17.4 Å². The molecular formula is C12H19OSi2. The van der Waals surface area contributed by atoms with E-state index in [0.717, 1.165) is 0 Å². The first-order valence-electron chi connectivity index (χ1n) is 5.23. The molecule has 1 radical (unpaired) electrons. The molecule has 0 saturated carbocycles. The third-order valence-corrected chi connectivity index (χ3v) is 6.15. The fraction of sp³-hybridized carbons (Fsp3) is 0.333. The van der Waals surface area contributed by atoms with E-state index in [2.05, 4.69) is 62.2 Å². The first kappa shape index (κ1) is 12.4.